The molecule has 0 aliphatic rings. The van der Waals surface area contributed by atoms with E-state index >= 15 is 0 Å². The number of methoxy groups -OCH3 is 1. The Morgan fingerprint density at radius 2 is 2.00 bits per heavy atom. The Morgan fingerprint density at radius 3 is 2.53 bits per heavy atom. The predicted octanol–water partition coefficient (Wildman–Crippen LogP) is 0.555. The second-order valence-corrected chi connectivity index (χ2v) is 3.56. The van der Waals surface area contributed by atoms with Gasteiger partial charge >= 0.3 is 0 Å². The molecule has 1 atom stereocenters. The Hall–Kier alpha value is -1.53. The molecule has 0 aromatic heterocycles. The zero-order valence-electron chi connectivity index (χ0n) is 9.37. The molecule has 6 heteroatoms. The van der Waals surface area contributed by atoms with Crippen LogP contribution in [0.3, 0.4) is 0 Å². The Bertz CT molecular complexity index is 379. The molecule has 1 unspecified atom stereocenters. The van der Waals surface area contributed by atoms with Crippen LogP contribution < -0.4 is 11.1 Å². The summed E-state index contributed by atoms with van der Waals surface area (Å²) in [6.07, 6.45) is 0. The second-order valence-electron chi connectivity index (χ2n) is 3.56. The molecule has 1 aromatic carbocycles. The van der Waals surface area contributed by atoms with Crippen molar-refractivity contribution in [2.75, 3.05) is 13.7 Å². The van der Waals surface area contributed by atoms with Crippen LogP contribution in [0, 0.1) is 11.6 Å². The Kier molecular flexibility index (Phi) is 4.99. The van der Waals surface area contributed by atoms with Crippen molar-refractivity contribution in [2.24, 2.45) is 5.73 Å². The van der Waals surface area contributed by atoms with Crippen molar-refractivity contribution < 1.29 is 18.3 Å². The highest BCUT2D eigenvalue weighted by Gasteiger charge is 2.12. The molecular formula is C11H14F2N2O2. The highest BCUT2D eigenvalue weighted by atomic mass is 19.1. The first-order chi connectivity index (χ1) is 8.02. The van der Waals surface area contributed by atoms with E-state index in [1.807, 2.05) is 0 Å². The fourth-order valence-corrected chi connectivity index (χ4v) is 1.29. The van der Waals surface area contributed by atoms with E-state index in [9.17, 15) is 13.6 Å². The maximum absolute atomic E-state index is 12.8. The van der Waals surface area contributed by atoms with E-state index in [4.69, 9.17) is 10.5 Å². The van der Waals surface area contributed by atoms with Gasteiger partial charge in [0.1, 0.15) is 17.7 Å². The van der Waals surface area contributed by atoms with Crippen molar-refractivity contribution in [3.63, 3.8) is 0 Å². The van der Waals surface area contributed by atoms with E-state index in [-0.39, 0.29) is 13.2 Å². The van der Waals surface area contributed by atoms with Gasteiger partial charge in [0.15, 0.2) is 0 Å². The number of amides is 1. The third kappa shape index (κ3) is 4.46. The standard InChI is InChI=1S/C11H14F2N2O2/c1-17-6-10(14)11(16)15-5-7-2-8(12)4-9(13)3-7/h2-4,10H,5-6,14H2,1H3,(H,15,16). The van der Waals surface area contributed by atoms with Crippen molar-refractivity contribution in [3.8, 4) is 0 Å². The molecular weight excluding hydrogens is 230 g/mol. The van der Waals surface area contributed by atoms with Crippen LogP contribution in [0.25, 0.3) is 0 Å². The first-order valence-electron chi connectivity index (χ1n) is 5.00. The number of carbonyl (C=O) groups excluding carboxylic acids is 1. The molecule has 0 radical (unpaired) electrons. The van der Waals surface area contributed by atoms with Gasteiger partial charge < -0.3 is 15.8 Å². The van der Waals surface area contributed by atoms with Crippen molar-refractivity contribution in [1.82, 2.24) is 5.32 Å². The lowest BCUT2D eigenvalue weighted by molar-refractivity contribution is -0.123. The van der Waals surface area contributed by atoms with Gasteiger partial charge in [-0.3, -0.25) is 4.79 Å². The van der Waals surface area contributed by atoms with Crippen molar-refractivity contribution >= 4 is 5.91 Å². The van der Waals surface area contributed by atoms with Crippen LogP contribution in [0.1, 0.15) is 5.56 Å². The molecule has 0 bridgehead atoms. The van der Waals surface area contributed by atoms with E-state index in [0.29, 0.717) is 5.56 Å². The summed E-state index contributed by atoms with van der Waals surface area (Å²) < 4.78 is 30.4. The average molecular weight is 244 g/mol. The van der Waals surface area contributed by atoms with E-state index in [0.717, 1.165) is 18.2 Å². The molecule has 0 aliphatic carbocycles. The summed E-state index contributed by atoms with van der Waals surface area (Å²) in [7, 11) is 1.43. The lowest BCUT2D eigenvalue weighted by Gasteiger charge is -2.11. The molecule has 0 fully saturated rings. The summed E-state index contributed by atoms with van der Waals surface area (Å²) in [6.45, 7) is 0.105. The number of nitrogens with two attached hydrogens (primary N) is 1. The second kappa shape index (κ2) is 6.27. The van der Waals surface area contributed by atoms with Crippen molar-refractivity contribution in [1.29, 1.82) is 0 Å². The largest absolute Gasteiger partial charge is 0.383 e. The van der Waals surface area contributed by atoms with Gasteiger partial charge in [-0.05, 0) is 17.7 Å². The third-order valence-electron chi connectivity index (χ3n) is 2.07. The normalized spacial score (nSPS) is 12.2. The number of ether oxygens (including phenoxy) is 1. The highest BCUT2D eigenvalue weighted by molar-refractivity contribution is 5.81. The molecule has 1 rings (SSSR count). The minimum atomic E-state index is -0.793. The van der Waals surface area contributed by atoms with Gasteiger partial charge in [-0.25, -0.2) is 8.78 Å². The van der Waals surface area contributed by atoms with E-state index in [1.54, 1.807) is 0 Å². The molecule has 17 heavy (non-hydrogen) atoms. The molecule has 0 heterocycles. The molecule has 0 saturated heterocycles. The van der Waals surface area contributed by atoms with Gasteiger partial charge in [-0.15, -0.1) is 0 Å². The van der Waals surface area contributed by atoms with Crippen LogP contribution in [0.2, 0.25) is 0 Å². The number of hydrogen-bond acceptors (Lipinski definition) is 3. The van der Waals surface area contributed by atoms with Gasteiger partial charge in [-0.2, -0.15) is 0 Å². The average Bonchev–Trinajstić information content (AvgIpc) is 2.25. The van der Waals surface area contributed by atoms with E-state index in [2.05, 4.69) is 5.32 Å². The molecule has 1 amide bonds. The third-order valence-corrected chi connectivity index (χ3v) is 2.07. The quantitative estimate of drug-likeness (QED) is 0.795. The van der Waals surface area contributed by atoms with Gasteiger partial charge in [0.05, 0.1) is 6.61 Å². The minimum absolute atomic E-state index is 0.0188. The van der Waals surface area contributed by atoms with Crippen molar-refractivity contribution in [2.45, 2.75) is 12.6 Å². The summed E-state index contributed by atoms with van der Waals surface area (Å²) in [5.41, 5.74) is 5.80. The van der Waals surface area contributed by atoms with Crippen LogP contribution in [-0.4, -0.2) is 25.7 Å². The smallest absolute Gasteiger partial charge is 0.239 e. The molecule has 0 aliphatic heterocycles. The van der Waals surface area contributed by atoms with E-state index in [1.165, 1.54) is 7.11 Å². The molecule has 1 aromatic rings. The maximum Gasteiger partial charge on any atom is 0.239 e. The highest BCUT2D eigenvalue weighted by Crippen LogP contribution is 2.07. The monoisotopic (exact) mass is 244 g/mol. The van der Waals surface area contributed by atoms with Gasteiger partial charge in [0.2, 0.25) is 5.91 Å². The maximum atomic E-state index is 12.8. The predicted molar refractivity (Wildman–Crippen MR) is 58.1 cm³/mol. The fourth-order valence-electron chi connectivity index (χ4n) is 1.29. The van der Waals surface area contributed by atoms with E-state index < -0.39 is 23.6 Å². The lowest BCUT2D eigenvalue weighted by Crippen LogP contribution is -2.43. The molecule has 0 saturated carbocycles. The first kappa shape index (κ1) is 13.5. The summed E-state index contributed by atoms with van der Waals surface area (Å²) in [5.74, 6) is -1.80. The zero-order chi connectivity index (χ0) is 12.8. The zero-order valence-corrected chi connectivity index (χ0v) is 9.37. The topological polar surface area (TPSA) is 64.3 Å². The summed E-state index contributed by atoms with van der Waals surface area (Å²) >= 11 is 0. The number of hydrogen-bond donors (Lipinski definition) is 2. The SMILES string of the molecule is COCC(N)C(=O)NCc1cc(F)cc(F)c1. The number of halogens is 2. The van der Waals surface area contributed by atoms with Crippen LogP contribution in [-0.2, 0) is 16.1 Å². The van der Waals surface area contributed by atoms with Crippen LogP contribution in [0.5, 0.6) is 0 Å². The lowest BCUT2D eigenvalue weighted by atomic mass is 10.2. The van der Waals surface area contributed by atoms with Gasteiger partial charge in [0.25, 0.3) is 0 Å². The molecule has 3 N–H and O–H groups in total. The minimum Gasteiger partial charge on any atom is -0.383 e. The molecule has 0 spiro atoms. The molecule has 94 valence electrons. The number of benzene rings is 1. The fraction of sp³-hybridized carbons (Fsp3) is 0.364. The Labute approximate surface area is 97.8 Å². The Morgan fingerprint density at radius 1 is 1.41 bits per heavy atom. The van der Waals surface area contributed by atoms with Gasteiger partial charge in [0, 0.05) is 19.7 Å². The number of nitrogens with one attached hydrogen (secondary N) is 1. The van der Waals surface area contributed by atoms with Gasteiger partial charge in [-0.1, -0.05) is 0 Å². The first-order valence-corrected chi connectivity index (χ1v) is 5.00. The van der Waals surface area contributed by atoms with Crippen LogP contribution >= 0.6 is 0 Å². The summed E-state index contributed by atoms with van der Waals surface area (Å²) in [6, 6.07) is 2.26. The summed E-state index contributed by atoms with van der Waals surface area (Å²) in [5, 5.41) is 2.46. The number of rotatable bonds is 5. The Balaban J connectivity index is 2.52. The molecule has 4 nitrogen and oxygen atoms in total. The van der Waals surface area contributed by atoms with Crippen LogP contribution in [0.15, 0.2) is 18.2 Å². The van der Waals surface area contributed by atoms with Crippen molar-refractivity contribution in [3.05, 3.63) is 35.4 Å². The number of carbonyl (C=O) groups is 1. The van der Waals surface area contributed by atoms with Crippen LogP contribution in [0.4, 0.5) is 8.78 Å². The summed E-state index contributed by atoms with van der Waals surface area (Å²) in [4.78, 5) is 11.4.